The molecule has 1 rings (SSSR count). The summed E-state index contributed by atoms with van der Waals surface area (Å²) in [6, 6.07) is -0.584. The fourth-order valence-corrected chi connectivity index (χ4v) is 2.06. The minimum atomic E-state index is -1.23. The molecule has 1 saturated carbocycles. The van der Waals surface area contributed by atoms with Gasteiger partial charge < -0.3 is 10.4 Å². The van der Waals surface area contributed by atoms with Gasteiger partial charge in [-0.2, -0.15) is 0 Å². The summed E-state index contributed by atoms with van der Waals surface area (Å²) in [5, 5.41) is 13.2. The lowest BCUT2D eigenvalue weighted by Crippen LogP contribution is -2.52. The third-order valence-corrected chi connectivity index (χ3v) is 2.99. The van der Waals surface area contributed by atoms with Crippen molar-refractivity contribution in [1.82, 2.24) is 10.6 Å². The summed E-state index contributed by atoms with van der Waals surface area (Å²) in [6.07, 6.45) is 6.56. The first-order chi connectivity index (χ1) is 8.41. The topological polar surface area (TPSA) is 95.5 Å². The van der Waals surface area contributed by atoms with E-state index < -0.39 is 17.9 Å². The van der Waals surface area contributed by atoms with E-state index >= 15 is 0 Å². The average molecular weight is 254 g/mol. The van der Waals surface area contributed by atoms with Crippen molar-refractivity contribution in [3.8, 4) is 0 Å². The maximum atomic E-state index is 11.5. The fraction of sp³-hybridized carbons (Fsp3) is 0.583. The molecule has 6 heteroatoms. The molecule has 6 nitrogen and oxygen atoms in total. The Labute approximate surface area is 105 Å². The van der Waals surface area contributed by atoms with Crippen LogP contribution in [0, 0.1) is 0 Å². The Kier molecular flexibility index (Phi) is 4.88. The zero-order chi connectivity index (χ0) is 13.6. The standard InChI is InChI=1S/C12H18N2O4/c1-12(7-3-2-4-8-12)14-11(18)13-9(15)5-6-10(16)17/h5-6H,2-4,7-8H2,1H3,(H,16,17)(H2,13,14,15,18). The Bertz CT molecular complexity index is 370. The highest BCUT2D eigenvalue weighted by Crippen LogP contribution is 2.27. The van der Waals surface area contributed by atoms with Crippen molar-refractivity contribution in [2.75, 3.05) is 0 Å². The predicted octanol–water partition coefficient (Wildman–Crippen LogP) is 1.18. The maximum absolute atomic E-state index is 11.5. The van der Waals surface area contributed by atoms with Gasteiger partial charge in [0.1, 0.15) is 0 Å². The highest BCUT2D eigenvalue weighted by Gasteiger charge is 2.28. The van der Waals surface area contributed by atoms with E-state index in [-0.39, 0.29) is 5.54 Å². The molecule has 0 aliphatic heterocycles. The van der Waals surface area contributed by atoms with E-state index in [0.717, 1.165) is 31.8 Å². The van der Waals surface area contributed by atoms with Crippen LogP contribution in [-0.2, 0) is 9.59 Å². The average Bonchev–Trinajstić information content (AvgIpc) is 2.26. The second-order valence-electron chi connectivity index (χ2n) is 4.74. The first kappa shape index (κ1) is 14.2. The zero-order valence-electron chi connectivity index (χ0n) is 10.4. The minimum Gasteiger partial charge on any atom is -0.478 e. The molecule has 0 aromatic rings. The summed E-state index contributed by atoms with van der Waals surface area (Å²) in [4.78, 5) is 32.9. The normalized spacial score (nSPS) is 18.3. The molecule has 18 heavy (non-hydrogen) atoms. The molecule has 0 heterocycles. The number of imide groups is 1. The smallest absolute Gasteiger partial charge is 0.328 e. The lowest BCUT2D eigenvalue weighted by atomic mass is 9.83. The molecule has 3 N–H and O–H groups in total. The number of aliphatic carboxylic acids is 1. The lowest BCUT2D eigenvalue weighted by molar-refractivity contribution is -0.131. The van der Waals surface area contributed by atoms with E-state index in [2.05, 4.69) is 10.6 Å². The first-order valence-corrected chi connectivity index (χ1v) is 5.95. The van der Waals surface area contributed by atoms with Gasteiger partial charge in [0.15, 0.2) is 0 Å². The highest BCUT2D eigenvalue weighted by molar-refractivity contribution is 6.02. The van der Waals surface area contributed by atoms with Crippen molar-refractivity contribution in [3.63, 3.8) is 0 Å². The van der Waals surface area contributed by atoms with Gasteiger partial charge in [-0.3, -0.25) is 10.1 Å². The van der Waals surface area contributed by atoms with Crippen molar-refractivity contribution < 1.29 is 19.5 Å². The number of hydrogen-bond acceptors (Lipinski definition) is 3. The van der Waals surface area contributed by atoms with Gasteiger partial charge in [-0.15, -0.1) is 0 Å². The summed E-state index contributed by atoms with van der Waals surface area (Å²) >= 11 is 0. The van der Waals surface area contributed by atoms with Gasteiger partial charge in [0.2, 0.25) is 0 Å². The van der Waals surface area contributed by atoms with Gasteiger partial charge in [-0.25, -0.2) is 9.59 Å². The van der Waals surface area contributed by atoms with E-state index in [9.17, 15) is 14.4 Å². The third kappa shape index (κ3) is 4.99. The molecule has 1 aliphatic rings. The molecule has 0 spiro atoms. The van der Waals surface area contributed by atoms with Crippen molar-refractivity contribution in [1.29, 1.82) is 0 Å². The Morgan fingerprint density at radius 1 is 1.11 bits per heavy atom. The fourth-order valence-electron chi connectivity index (χ4n) is 2.06. The SMILES string of the molecule is CC1(NC(=O)NC(=O)C=CC(=O)O)CCCCC1. The predicted molar refractivity (Wildman–Crippen MR) is 64.9 cm³/mol. The Hall–Kier alpha value is -1.85. The Morgan fingerprint density at radius 3 is 2.28 bits per heavy atom. The van der Waals surface area contributed by atoms with E-state index in [4.69, 9.17) is 5.11 Å². The van der Waals surface area contributed by atoms with Gasteiger partial charge in [0.25, 0.3) is 5.91 Å². The quantitative estimate of drug-likeness (QED) is 0.659. The number of carboxylic acid groups (broad SMARTS) is 1. The monoisotopic (exact) mass is 254 g/mol. The van der Waals surface area contributed by atoms with Crippen LogP contribution in [0.25, 0.3) is 0 Å². The van der Waals surface area contributed by atoms with Crippen LogP contribution in [0.4, 0.5) is 4.79 Å². The molecule has 0 bridgehead atoms. The molecule has 0 radical (unpaired) electrons. The van der Waals surface area contributed by atoms with Crippen LogP contribution < -0.4 is 10.6 Å². The van der Waals surface area contributed by atoms with Crippen LogP contribution in [0.1, 0.15) is 39.0 Å². The van der Waals surface area contributed by atoms with Gasteiger partial charge >= 0.3 is 12.0 Å². The number of carbonyl (C=O) groups is 3. The van der Waals surface area contributed by atoms with Crippen LogP contribution >= 0.6 is 0 Å². The zero-order valence-corrected chi connectivity index (χ0v) is 10.4. The molecule has 0 saturated heterocycles. The lowest BCUT2D eigenvalue weighted by Gasteiger charge is -2.34. The summed E-state index contributed by atoms with van der Waals surface area (Å²) in [6.45, 7) is 1.95. The first-order valence-electron chi connectivity index (χ1n) is 5.95. The number of urea groups is 1. The van der Waals surface area contributed by atoms with Gasteiger partial charge in [-0.05, 0) is 19.8 Å². The number of carbonyl (C=O) groups excluding carboxylic acids is 2. The Morgan fingerprint density at radius 2 is 1.72 bits per heavy atom. The molecule has 100 valence electrons. The molecule has 0 unspecified atom stereocenters. The van der Waals surface area contributed by atoms with Gasteiger partial charge in [0, 0.05) is 17.7 Å². The van der Waals surface area contributed by atoms with Gasteiger partial charge in [0.05, 0.1) is 0 Å². The van der Waals surface area contributed by atoms with E-state index in [0.29, 0.717) is 6.08 Å². The van der Waals surface area contributed by atoms with Crippen molar-refractivity contribution >= 4 is 17.9 Å². The summed E-state index contributed by atoms with van der Waals surface area (Å²) in [7, 11) is 0. The number of rotatable bonds is 3. The van der Waals surface area contributed by atoms with Crippen LogP contribution in [0.3, 0.4) is 0 Å². The van der Waals surface area contributed by atoms with E-state index in [1.165, 1.54) is 6.42 Å². The Balaban J connectivity index is 2.41. The number of amides is 3. The van der Waals surface area contributed by atoms with Crippen LogP contribution in [0.2, 0.25) is 0 Å². The number of hydrogen-bond donors (Lipinski definition) is 3. The largest absolute Gasteiger partial charge is 0.478 e. The molecule has 1 aliphatic carbocycles. The van der Waals surface area contributed by atoms with Crippen LogP contribution in [0.15, 0.2) is 12.2 Å². The molecule has 0 aromatic carbocycles. The maximum Gasteiger partial charge on any atom is 0.328 e. The molecule has 0 aromatic heterocycles. The molecule has 3 amide bonds. The number of carboxylic acids is 1. The summed E-state index contributed by atoms with van der Waals surface area (Å²) in [5.41, 5.74) is -0.279. The summed E-state index contributed by atoms with van der Waals surface area (Å²) < 4.78 is 0. The van der Waals surface area contributed by atoms with Crippen molar-refractivity contribution in [3.05, 3.63) is 12.2 Å². The second kappa shape index (κ2) is 6.18. The highest BCUT2D eigenvalue weighted by atomic mass is 16.4. The molecular weight excluding hydrogens is 236 g/mol. The molecular formula is C12H18N2O4. The van der Waals surface area contributed by atoms with Gasteiger partial charge in [-0.1, -0.05) is 19.3 Å². The van der Waals surface area contributed by atoms with E-state index in [1.54, 1.807) is 0 Å². The molecule has 0 atom stereocenters. The number of nitrogens with one attached hydrogen (secondary N) is 2. The van der Waals surface area contributed by atoms with Crippen LogP contribution in [-0.4, -0.2) is 28.6 Å². The second-order valence-corrected chi connectivity index (χ2v) is 4.74. The third-order valence-electron chi connectivity index (χ3n) is 2.99. The van der Waals surface area contributed by atoms with Crippen molar-refractivity contribution in [2.24, 2.45) is 0 Å². The molecule has 1 fully saturated rings. The van der Waals surface area contributed by atoms with Crippen LogP contribution in [0.5, 0.6) is 0 Å². The van der Waals surface area contributed by atoms with E-state index in [1.807, 2.05) is 6.92 Å². The minimum absolute atomic E-state index is 0.279. The summed E-state index contributed by atoms with van der Waals surface area (Å²) in [5.74, 6) is -1.97. The van der Waals surface area contributed by atoms with Crippen molar-refractivity contribution in [2.45, 2.75) is 44.6 Å².